The molecule has 0 bridgehead atoms. The number of nitrogens with zero attached hydrogens (tertiary/aromatic N) is 1. The fraction of sp³-hybridized carbons (Fsp3) is 0.333. The van der Waals surface area contributed by atoms with Crippen LogP contribution in [-0.2, 0) is 9.53 Å². The molecule has 0 fully saturated rings. The summed E-state index contributed by atoms with van der Waals surface area (Å²) in [5, 5.41) is 0. The highest BCUT2D eigenvalue weighted by Crippen LogP contribution is 2.05. The molecule has 0 aliphatic carbocycles. The zero-order chi connectivity index (χ0) is 11.8. The number of rotatable bonds is 3. The zero-order valence-electron chi connectivity index (χ0n) is 9.32. The van der Waals surface area contributed by atoms with Crippen molar-refractivity contribution in [2.45, 2.75) is 13.3 Å². The number of aromatic nitrogens is 1. The van der Waals surface area contributed by atoms with Gasteiger partial charge < -0.3 is 9.47 Å². The van der Waals surface area contributed by atoms with Crippen LogP contribution in [0.5, 0.6) is 5.88 Å². The maximum atomic E-state index is 11.0. The van der Waals surface area contributed by atoms with E-state index < -0.39 is 0 Å². The first-order chi connectivity index (χ1) is 7.76. The first-order valence-corrected chi connectivity index (χ1v) is 4.91. The van der Waals surface area contributed by atoms with Crippen LogP contribution >= 0.6 is 0 Å². The minimum atomic E-state index is -0.321. The van der Waals surface area contributed by atoms with Crippen LogP contribution in [-0.4, -0.2) is 24.7 Å². The molecule has 0 N–H and O–H groups in total. The van der Waals surface area contributed by atoms with Crippen LogP contribution in [0.2, 0.25) is 0 Å². The van der Waals surface area contributed by atoms with Gasteiger partial charge in [0.2, 0.25) is 5.88 Å². The van der Waals surface area contributed by atoms with Gasteiger partial charge in [0.1, 0.15) is 12.1 Å². The van der Waals surface area contributed by atoms with Gasteiger partial charge in [0, 0.05) is 6.07 Å². The molecular weight excluding hydrogens is 206 g/mol. The molecule has 0 unspecified atom stereocenters. The van der Waals surface area contributed by atoms with E-state index in [1.807, 2.05) is 0 Å². The quantitative estimate of drug-likeness (QED) is 0.569. The molecular formula is C12H13NO3. The average Bonchev–Trinajstić information content (AvgIpc) is 2.30. The summed E-state index contributed by atoms with van der Waals surface area (Å²) in [5.41, 5.74) is 0.573. The first-order valence-electron chi connectivity index (χ1n) is 4.91. The van der Waals surface area contributed by atoms with Crippen LogP contribution in [0.1, 0.15) is 19.0 Å². The Bertz CT molecular complexity index is 418. The molecule has 0 aliphatic rings. The third-order valence-electron chi connectivity index (χ3n) is 1.69. The van der Waals surface area contributed by atoms with E-state index in [1.165, 1.54) is 7.11 Å². The van der Waals surface area contributed by atoms with E-state index >= 15 is 0 Å². The second-order valence-electron chi connectivity index (χ2n) is 2.85. The van der Waals surface area contributed by atoms with Gasteiger partial charge in [-0.05, 0) is 18.9 Å². The van der Waals surface area contributed by atoms with Crippen LogP contribution < -0.4 is 4.74 Å². The van der Waals surface area contributed by atoms with E-state index in [9.17, 15) is 4.79 Å². The summed E-state index contributed by atoms with van der Waals surface area (Å²) in [6, 6.07) is 5.28. The molecule has 16 heavy (non-hydrogen) atoms. The lowest BCUT2D eigenvalue weighted by atomic mass is 10.3. The SMILES string of the molecule is CCOC(=O)CC#Cc1cccc(OC)n1. The molecule has 1 rings (SSSR count). The monoisotopic (exact) mass is 219 g/mol. The molecule has 0 aromatic carbocycles. The largest absolute Gasteiger partial charge is 0.481 e. The molecule has 1 aromatic heterocycles. The Hall–Kier alpha value is -2.02. The molecule has 0 atom stereocenters. The van der Waals surface area contributed by atoms with Gasteiger partial charge in [0.25, 0.3) is 0 Å². The Balaban J connectivity index is 2.59. The van der Waals surface area contributed by atoms with Crippen LogP contribution in [0.15, 0.2) is 18.2 Å². The molecule has 1 aromatic rings. The maximum absolute atomic E-state index is 11.0. The molecule has 4 nitrogen and oxygen atoms in total. The predicted molar refractivity (Wildman–Crippen MR) is 58.9 cm³/mol. The third kappa shape index (κ3) is 4.01. The molecule has 0 spiro atoms. The molecule has 4 heteroatoms. The molecule has 0 saturated heterocycles. The van der Waals surface area contributed by atoms with E-state index in [1.54, 1.807) is 25.1 Å². The minimum Gasteiger partial charge on any atom is -0.481 e. The summed E-state index contributed by atoms with van der Waals surface area (Å²) in [7, 11) is 1.54. The van der Waals surface area contributed by atoms with Crippen LogP contribution in [0, 0.1) is 11.8 Å². The summed E-state index contributed by atoms with van der Waals surface area (Å²) < 4.78 is 9.69. The van der Waals surface area contributed by atoms with Crippen LogP contribution in [0.4, 0.5) is 0 Å². The molecule has 0 amide bonds. The van der Waals surface area contributed by atoms with Gasteiger partial charge in [-0.15, -0.1) is 0 Å². The lowest BCUT2D eigenvalue weighted by Gasteiger charge is -1.97. The van der Waals surface area contributed by atoms with Crippen molar-refractivity contribution in [3.05, 3.63) is 23.9 Å². The molecule has 0 saturated carbocycles. The van der Waals surface area contributed by atoms with Gasteiger partial charge in [-0.2, -0.15) is 0 Å². The average molecular weight is 219 g/mol. The van der Waals surface area contributed by atoms with Crippen LogP contribution in [0.25, 0.3) is 0 Å². The molecule has 0 radical (unpaired) electrons. The fourth-order valence-electron chi connectivity index (χ4n) is 1.02. The highest BCUT2D eigenvalue weighted by Gasteiger charge is 1.97. The van der Waals surface area contributed by atoms with Crippen LogP contribution in [0.3, 0.4) is 0 Å². The highest BCUT2D eigenvalue weighted by atomic mass is 16.5. The number of pyridine rings is 1. The molecule has 84 valence electrons. The Morgan fingerprint density at radius 3 is 3.00 bits per heavy atom. The van der Waals surface area contributed by atoms with E-state index in [4.69, 9.17) is 9.47 Å². The van der Waals surface area contributed by atoms with Crippen molar-refractivity contribution in [2.24, 2.45) is 0 Å². The summed E-state index contributed by atoms with van der Waals surface area (Å²) in [5.74, 6) is 5.64. The van der Waals surface area contributed by atoms with E-state index in [0.717, 1.165) is 0 Å². The zero-order valence-corrected chi connectivity index (χ0v) is 9.32. The second-order valence-corrected chi connectivity index (χ2v) is 2.85. The summed E-state index contributed by atoms with van der Waals surface area (Å²) in [6.07, 6.45) is 0.0761. The highest BCUT2D eigenvalue weighted by molar-refractivity contribution is 5.72. The van der Waals surface area contributed by atoms with Crippen molar-refractivity contribution >= 4 is 5.97 Å². The number of hydrogen-bond acceptors (Lipinski definition) is 4. The minimum absolute atomic E-state index is 0.0761. The fourth-order valence-corrected chi connectivity index (χ4v) is 1.02. The van der Waals surface area contributed by atoms with Crippen molar-refractivity contribution < 1.29 is 14.3 Å². The van der Waals surface area contributed by atoms with Crippen molar-refractivity contribution in [2.75, 3.05) is 13.7 Å². The van der Waals surface area contributed by atoms with E-state index in [-0.39, 0.29) is 12.4 Å². The van der Waals surface area contributed by atoms with Gasteiger partial charge in [0.05, 0.1) is 13.7 Å². The van der Waals surface area contributed by atoms with Crippen molar-refractivity contribution in [3.63, 3.8) is 0 Å². The number of hydrogen-bond donors (Lipinski definition) is 0. The Morgan fingerprint density at radius 2 is 2.31 bits per heavy atom. The smallest absolute Gasteiger partial charge is 0.317 e. The van der Waals surface area contributed by atoms with E-state index in [0.29, 0.717) is 18.2 Å². The topological polar surface area (TPSA) is 48.4 Å². The van der Waals surface area contributed by atoms with Gasteiger partial charge in [0.15, 0.2) is 0 Å². The second kappa shape index (κ2) is 6.46. The van der Waals surface area contributed by atoms with Crippen molar-refractivity contribution in [1.29, 1.82) is 0 Å². The maximum Gasteiger partial charge on any atom is 0.317 e. The van der Waals surface area contributed by atoms with Gasteiger partial charge in [-0.3, -0.25) is 4.79 Å². The number of ether oxygens (including phenoxy) is 2. The summed E-state index contributed by atoms with van der Waals surface area (Å²) in [6.45, 7) is 2.13. The number of esters is 1. The lowest BCUT2D eigenvalue weighted by molar-refractivity contribution is -0.141. The van der Waals surface area contributed by atoms with Gasteiger partial charge >= 0.3 is 5.97 Å². The van der Waals surface area contributed by atoms with E-state index in [2.05, 4.69) is 16.8 Å². The van der Waals surface area contributed by atoms with Crippen molar-refractivity contribution in [1.82, 2.24) is 4.98 Å². The molecule has 0 aliphatic heterocycles. The summed E-state index contributed by atoms with van der Waals surface area (Å²) >= 11 is 0. The number of carbonyl (C=O) groups is 1. The van der Waals surface area contributed by atoms with Gasteiger partial charge in [-0.25, -0.2) is 4.98 Å². The predicted octanol–water partition coefficient (Wildman–Crippen LogP) is 1.39. The first kappa shape index (κ1) is 12.1. The Labute approximate surface area is 94.6 Å². The third-order valence-corrected chi connectivity index (χ3v) is 1.69. The van der Waals surface area contributed by atoms with Gasteiger partial charge in [-0.1, -0.05) is 12.0 Å². The number of methoxy groups -OCH3 is 1. The summed E-state index contributed by atoms with van der Waals surface area (Å²) in [4.78, 5) is 15.1. The molecule has 1 heterocycles. The normalized spacial score (nSPS) is 8.88. The lowest BCUT2D eigenvalue weighted by Crippen LogP contribution is -2.01. The Kier molecular flexibility index (Phi) is 4.87. The Morgan fingerprint density at radius 1 is 1.50 bits per heavy atom. The standard InChI is InChI=1S/C12H13NO3/c1-3-16-12(14)9-5-7-10-6-4-8-11(13-10)15-2/h4,6,8H,3,9H2,1-2H3. The number of carbonyl (C=O) groups excluding carboxylic acids is 1. The van der Waals surface area contributed by atoms with Crippen molar-refractivity contribution in [3.8, 4) is 17.7 Å².